The Bertz CT molecular complexity index is 959. The van der Waals surface area contributed by atoms with E-state index < -0.39 is 5.41 Å². The highest BCUT2D eigenvalue weighted by Crippen LogP contribution is 2.27. The monoisotopic (exact) mass is 476 g/mol. The maximum atomic E-state index is 13.1. The van der Waals surface area contributed by atoms with Crippen LogP contribution in [0.15, 0.2) is 30.3 Å². The number of rotatable bonds is 9. The molecule has 0 spiro atoms. The Morgan fingerprint density at radius 2 is 1.76 bits per heavy atom. The Labute approximate surface area is 202 Å². The number of carbonyl (C=O) groups is 2. The predicted molar refractivity (Wildman–Crippen MR) is 133 cm³/mol. The van der Waals surface area contributed by atoms with E-state index in [9.17, 15) is 9.59 Å². The van der Waals surface area contributed by atoms with Crippen LogP contribution in [0.2, 0.25) is 0 Å². The number of methoxy groups -OCH3 is 1. The average Bonchev–Trinajstić information content (AvgIpc) is 3.16. The fourth-order valence-electron chi connectivity index (χ4n) is 3.26. The quantitative estimate of drug-likeness (QED) is 0.524. The lowest BCUT2D eigenvalue weighted by molar-refractivity contribution is -0.142. The summed E-state index contributed by atoms with van der Waals surface area (Å²) in [6, 6.07) is 9.32. The van der Waals surface area contributed by atoms with Gasteiger partial charge in [-0.3, -0.25) is 9.59 Å². The summed E-state index contributed by atoms with van der Waals surface area (Å²) < 4.78 is 6.95. The van der Waals surface area contributed by atoms with Gasteiger partial charge in [-0.1, -0.05) is 34.6 Å². The molecule has 0 unspecified atom stereocenters. The van der Waals surface area contributed by atoms with E-state index in [0.29, 0.717) is 12.4 Å². The van der Waals surface area contributed by atoms with Gasteiger partial charge in [-0.05, 0) is 44.0 Å². The maximum absolute atomic E-state index is 13.1. The van der Waals surface area contributed by atoms with E-state index >= 15 is 0 Å². The van der Waals surface area contributed by atoms with E-state index in [0.717, 1.165) is 17.1 Å². The molecule has 33 heavy (non-hydrogen) atoms. The smallest absolute Gasteiger partial charge is 0.245 e. The first-order chi connectivity index (χ1) is 15.3. The molecule has 0 atom stereocenters. The third-order valence-corrected chi connectivity index (χ3v) is 5.85. The van der Waals surface area contributed by atoms with Crippen LogP contribution in [0.5, 0.6) is 5.75 Å². The Morgan fingerprint density at radius 3 is 2.24 bits per heavy atom. The number of carbonyl (C=O) groups excluding carboxylic acids is 2. The van der Waals surface area contributed by atoms with Crippen LogP contribution in [0.3, 0.4) is 0 Å². The van der Waals surface area contributed by atoms with Gasteiger partial charge in [-0.15, -0.1) is 11.6 Å². The van der Waals surface area contributed by atoms with Crippen molar-refractivity contribution in [2.45, 2.75) is 53.9 Å². The fraction of sp³-hybridized carbons (Fsp3) is 0.560. The molecule has 1 N–H and O–H groups in total. The molecule has 1 heterocycles. The van der Waals surface area contributed by atoms with Gasteiger partial charge in [0.15, 0.2) is 0 Å². The normalized spacial score (nSPS) is 12.1. The molecule has 0 aliphatic heterocycles. The number of hydrogen-bond donors (Lipinski definition) is 1. The lowest BCUT2D eigenvalue weighted by atomic mass is 9.92. The molecule has 0 saturated heterocycles. The minimum Gasteiger partial charge on any atom is -0.497 e. The fourth-order valence-corrected chi connectivity index (χ4v) is 3.37. The summed E-state index contributed by atoms with van der Waals surface area (Å²) in [6.07, 6.45) is 0. The number of amides is 2. The van der Waals surface area contributed by atoms with Gasteiger partial charge in [-0.25, -0.2) is 4.68 Å². The molecular weight excluding hydrogens is 440 g/mol. The molecule has 182 valence electrons. The van der Waals surface area contributed by atoms with Gasteiger partial charge < -0.3 is 15.0 Å². The lowest BCUT2D eigenvalue weighted by Crippen LogP contribution is -2.47. The second-order valence-corrected chi connectivity index (χ2v) is 10.7. The number of benzene rings is 1. The topological polar surface area (TPSA) is 76.5 Å². The Kier molecular flexibility index (Phi) is 8.57. The third-order valence-electron chi connectivity index (χ3n) is 5.18. The van der Waals surface area contributed by atoms with Crippen molar-refractivity contribution in [1.82, 2.24) is 14.7 Å². The van der Waals surface area contributed by atoms with Crippen molar-refractivity contribution in [2.75, 3.05) is 31.4 Å². The van der Waals surface area contributed by atoms with Gasteiger partial charge >= 0.3 is 0 Å². The number of nitrogens with one attached hydrogen (secondary N) is 1. The van der Waals surface area contributed by atoms with Crippen LogP contribution in [0, 0.1) is 11.3 Å². The van der Waals surface area contributed by atoms with Crippen molar-refractivity contribution >= 4 is 29.2 Å². The summed E-state index contributed by atoms with van der Waals surface area (Å²) in [7, 11) is 1.61. The number of alkyl halides is 1. The summed E-state index contributed by atoms with van der Waals surface area (Å²) in [6.45, 7) is 14.2. The van der Waals surface area contributed by atoms with Crippen LogP contribution < -0.4 is 10.1 Å². The van der Waals surface area contributed by atoms with Gasteiger partial charge in [0.2, 0.25) is 11.8 Å². The summed E-state index contributed by atoms with van der Waals surface area (Å²) in [4.78, 5) is 27.7. The zero-order chi connectivity index (χ0) is 25.0. The molecule has 8 heteroatoms. The molecule has 0 aliphatic rings. The lowest BCUT2D eigenvalue weighted by Gasteiger charge is -2.31. The van der Waals surface area contributed by atoms with Crippen LogP contribution >= 0.6 is 11.6 Å². The molecule has 1 aromatic heterocycles. The van der Waals surface area contributed by atoms with Crippen molar-refractivity contribution in [2.24, 2.45) is 11.3 Å². The SMILES string of the molecule is COc1ccc(-n2nc(C(C)(C)C)cc2NC(=O)CN(CC(C)C)C(=O)C(C)(C)CCl)cc1. The van der Waals surface area contributed by atoms with E-state index in [1.165, 1.54) is 0 Å². The maximum Gasteiger partial charge on any atom is 0.245 e. The summed E-state index contributed by atoms with van der Waals surface area (Å²) in [5.74, 6) is 1.25. The van der Waals surface area contributed by atoms with Gasteiger partial charge in [0.05, 0.1) is 30.5 Å². The first kappa shape index (κ1) is 26.7. The standard InChI is InChI=1S/C25H37ClN4O3/c1-17(2)14-29(23(32)25(6,7)16-26)15-22(31)27-21-13-20(24(3,4)5)28-30(21)18-9-11-19(33-8)12-10-18/h9-13,17H,14-16H2,1-8H3,(H,27,31). The van der Waals surface area contributed by atoms with Gasteiger partial charge in [0, 0.05) is 23.9 Å². The highest BCUT2D eigenvalue weighted by atomic mass is 35.5. The van der Waals surface area contributed by atoms with Gasteiger partial charge in [-0.2, -0.15) is 5.10 Å². The Hall–Kier alpha value is -2.54. The summed E-state index contributed by atoms with van der Waals surface area (Å²) >= 11 is 6.02. The third kappa shape index (κ3) is 6.97. The Morgan fingerprint density at radius 1 is 1.15 bits per heavy atom. The average molecular weight is 477 g/mol. The highest BCUT2D eigenvalue weighted by molar-refractivity contribution is 6.19. The van der Waals surface area contributed by atoms with Crippen molar-refractivity contribution in [3.63, 3.8) is 0 Å². The van der Waals surface area contributed by atoms with Crippen LogP contribution in [0.1, 0.15) is 54.2 Å². The number of anilines is 1. The molecule has 0 saturated carbocycles. The molecular formula is C25H37ClN4O3. The van der Waals surface area contributed by atoms with E-state index in [1.807, 2.05) is 44.2 Å². The van der Waals surface area contributed by atoms with Gasteiger partial charge in [0.25, 0.3) is 0 Å². The number of hydrogen-bond acceptors (Lipinski definition) is 4. The van der Waals surface area contributed by atoms with Crippen molar-refractivity contribution in [3.8, 4) is 11.4 Å². The Balaban J connectivity index is 2.34. The molecule has 2 aromatic rings. The predicted octanol–water partition coefficient (Wildman–Crippen LogP) is 4.87. The number of ether oxygens (including phenoxy) is 1. The molecule has 0 bridgehead atoms. The van der Waals surface area contributed by atoms with Crippen LogP contribution in [-0.2, 0) is 15.0 Å². The van der Waals surface area contributed by atoms with Gasteiger partial charge in [0.1, 0.15) is 11.6 Å². The summed E-state index contributed by atoms with van der Waals surface area (Å²) in [5, 5.41) is 7.70. The van der Waals surface area contributed by atoms with E-state index in [4.69, 9.17) is 21.4 Å². The van der Waals surface area contributed by atoms with Crippen molar-refractivity contribution < 1.29 is 14.3 Å². The minimum atomic E-state index is -0.749. The molecule has 2 rings (SSSR count). The minimum absolute atomic E-state index is 0.0595. The number of aromatic nitrogens is 2. The van der Waals surface area contributed by atoms with Crippen LogP contribution in [0.4, 0.5) is 5.82 Å². The second kappa shape index (κ2) is 10.6. The van der Waals surface area contributed by atoms with E-state index in [-0.39, 0.29) is 35.6 Å². The largest absolute Gasteiger partial charge is 0.497 e. The van der Waals surface area contributed by atoms with E-state index in [1.54, 1.807) is 30.5 Å². The molecule has 0 aliphatic carbocycles. The first-order valence-electron chi connectivity index (χ1n) is 11.2. The van der Waals surface area contributed by atoms with Crippen molar-refractivity contribution in [3.05, 3.63) is 36.0 Å². The highest BCUT2D eigenvalue weighted by Gasteiger charge is 2.33. The van der Waals surface area contributed by atoms with Crippen molar-refractivity contribution in [1.29, 1.82) is 0 Å². The molecule has 0 fully saturated rings. The van der Waals surface area contributed by atoms with Crippen LogP contribution in [0.25, 0.3) is 5.69 Å². The molecule has 7 nitrogen and oxygen atoms in total. The van der Waals surface area contributed by atoms with Crippen LogP contribution in [-0.4, -0.2) is 52.6 Å². The molecule has 1 aromatic carbocycles. The second-order valence-electron chi connectivity index (χ2n) is 10.4. The number of halogens is 1. The van der Waals surface area contributed by atoms with E-state index in [2.05, 4.69) is 26.1 Å². The zero-order valence-corrected chi connectivity index (χ0v) is 21.8. The molecule has 0 radical (unpaired) electrons. The number of nitrogens with zero attached hydrogens (tertiary/aromatic N) is 3. The first-order valence-corrected chi connectivity index (χ1v) is 11.7. The molecule has 2 amide bonds. The zero-order valence-electron chi connectivity index (χ0n) is 21.0. The summed E-state index contributed by atoms with van der Waals surface area (Å²) in [5.41, 5.74) is 0.675.